The number of nitrogens with one attached hydrogen (secondary N) is 1. The maximum atomic E-state index is 12.2. The fourth-order valence-corrected chi connectivity index (χ4v) is 1.97. The largest absolute Gasteiger partial charge is 0.465 e. The molecule has 6 heteroatoms. The second kappa shape index (κ2) is 7.18. The van der Waals surface area contributed by atoms with Gasteiger partial charge in [-0.05, 0) is 36.8 Å². The summed E-state index contributed by atoms with van der Waals surface area (Å²) in [5, 5.41) is 11.6. The van der Waals surface area contributed by atoms with Crippen molar-refractivity contribution >= 4 is 11.9 Å². The molecule has 0 aliphatic carbocycles. The first-order chi connectivity index (χ1) is 11.0. The zero-order chi connectivity index (χ0) is 16.8. The lowest BCUT2D eigenvalue weighted by molar-refractivity contribution is 0.0599. The SMILES string of the molecule is COC(=O)c1ccc(C(=O)NC(C)c2ccc(C#N)cc2)nc1. The van der Waals surface area contributed by atoms with Crippen molar-refractivity contribution in [3.63, 3.8) is 0 Å². The van der Waals surface area contributed by atoms with Crippen molar-refractivity contribution in [2.24, 2.45) is 0 Å². The minimum Gasteiger partial charge on any atom is -0.465 e. The quantitative estimate of drug-likeness (QED) is 0.874. The number of hydrogen-bond acceptors (Lipinski definition) is 5. The van der Waals surface area contributed by atoms with Crippen molar-refractivity contribution in [2.75, 3.05) is 7.11 Å². The van der Waals surface area contributed by atoms with Gasteiger partial charge in [0, 0.05) is 6.20 Å². The van der Waals surface area contributed by atoms with Crippen LogP contribution in [0.2, 0.25) is 0 Å². The van der Waals surface area contributed by atoms with Gasteiger partial charge in [0.2, 0.25) is 0 Å². The Morgan fingerprint density at radius 3 is 2.43 bits per heavy atom. The molecule has 6 nitrogen and oxygen atoms in total. The number of carbonyl (C=O) groups excluding carboxylic acids is 2. The third kappa shape index (κ3) is 3.92. The van der Waals surface area contributed by atoms with Crippen molar-refractivity contribution in [1.82, 2.24) is 10.3 Å². The number of nitriles is 1. The van der Waals surface area contributed by atoms with E-state index in [4.69, 9.17) is 5.26 Å². The smallest absolute Gasteiger partial charge is 0.339 e. The van der Waals surface area contributed by atoms with Crippen LogP contribution in [0.4, 0.5) is 0 Å². The summed E-state index contributed by atoms with van der Waals surface area (Å²) >= 11 is 0. The standard InChI is InChI=1S/C17H15N3O3/c1-11(13-5-3-12(9-18)4-6-13)20-16(21)15-8-7-14(10-19-15)17(22)23-2/h3-8,10-11H,1-2H3,(H,20,21). The molecule has 0 spiro atoms. The molecular weight excluding hydrogens is 294 g/mol. The number of hydrogen-bond donors (Lipinski definition) is 1. The Hall–Kier alpha value is -3.20. The van der Waals surface area contributed by atoms with Crippen molar-refractivity contribution < 1.29 is 14.3 Å². The predicted molar refractivity (Wildman–Crippen MR) is 82.6 cm³/mol. The number of amides is 1. The van der Waals surface area contributed by atoms with Gasteiger partial charge in [-0.15, -0.1) is 0 Å². The summed E-state index contributed by atoms with van der Waals surface area (Å²) in [6.45, 7) is 1.84. The van der Waals surface area contributed by atoms with Crippen LogP contribution in [0.5, 0.6) is 0 Å². The number of carbonyl (C=O) groups is 2. The van der Waals surface area contributed by atoms with Crippen LogP contribution in [-0.4, -0.2) is 24.0 Å². The lowest BCUT2D eigenvalue weighted by atomic mass is 10.1. The summed E-state index contributed by atoms with van der Waals surface area (Å²) in [5.41, 5.74) is 1.93. The van der Waals surface area contributed by atoms with Gasteiger partial charge in [0.1, 0.15) is 5.69 Å². The van der Waals surface area contributed by atoms with Gasteiger partial charge in [0.15, 0.2) is 0 Å². The molecule has 1 unspecified atom stereocenters. The van der Waals surface area contributed by atoms with Crippen LogP contribution in [-0.2, 0) is 4.74 Å². The molecule has 1 amide bonds. The average molecular weight is 309 g/mol. The van der Waals surface area contributed by atoms with Crippen LogP contribution >= 0.6 is 0 Å². The molecule has 1 heterocycles. The molecular formula is C17H15N3O3. The number of pyridine rings is 1. The first kappa shape index (κ1) is 16.2. The number of aromatic nitrogens is 1. The summed E-state index contributed by atoms with van der Waals surface area (Å²) in [5.74, 6) is -0.853. The Morgan fingerprint density at radius 2 is 1.91 bits per heavy atom. The van der Waals surface area contributed by atoms with E-state index in [1.165, 1.54) is 25.4 Å². The van der Waals surface area contributed by atoms with E-state index in [1.807, 2.05) is 13.0 Å². The highest BCUT2D eigenvalue weighted by atomic mass is 16.5. The molecule has 1 atom stereocenters. The van der Waals surface area contributed by atoms with E-state index < -0.39 is 5.97 Å². The Balaban J connectivity index is 2.05. The van der Waals surface area contributed by atoms with E-state index in [2.05, 4.69) is 15.0 Å². The minimum absolute atomic E-state index is 0.207. The summed E-state index contributed by atoms with van der Waals surface area (Å²) in [4.78, 5) is 27.4. The van der Waals surface area contributed by atoms with Crippen molar-refractivity contribution in [3.05, 3.63) is 65.0 Å². The number of nitrogens with zero attached hydrogens (tertiary/aromatic N) is 2. The van der Waals surface area contributed by atoms with Crippen molar-refractivity contribution in [1.29, 1.82) is 5.26 Å². The Labute approximate surface area is 133 Å². The van der Waals surface area contributed by atoms with Gasteiger partial charge in [0.25, 0.3) is 5.91 Å². The second-order valence-corrected chi connectivity index (χ2v) is 4.85. The van der Waals surface area contributed by atoms with Crippen molar-refractivity contribution in [2.45, 2.75) is 13.0 Å². The van der Waals surface area contributed by atoms with Gasteiger partial charge < -0.3 is 10.1 Å². The average Bonchev–Trinajstić information content (AvgIpc) is 2.61. The monoisotopic (exact) mass is 309 g/mol. The lowest BCUT2D eigenvalue weighted by Crippen LogP contribution is -2.27. The Bertz CT molecular complexity index is 746. The molecule has 1 aromatic carbocycles. The lowest BCUT2D eigenvalue weighted by Gasteiger charge is -2.14. The molecule has 0 aliphatic rings. The van der Waals surface area contributed by atoms with Gasteiger partial charge in [-0.1, -0.05) is 12.1 Å². The fourth-order valence-electron chi connectivity index (χ4n) is 1.97. The third-order valence-corrected chi connectivity index (χ3v) is 3.30. The van der Waals surface area contributed by atoms with Gasteiger partial charge in [-0.3, -0.25) is 9.78 Å². The summed E-state index contributed by atoms with van der Waals surface area (Å²) in [6, 6.07) is 11.7. The van der Waals surface area contributed by atoms with E-state index in [0.29, 0.717) is 5.56 Å². The molecule has 2 rings (SSSR count). The van der Waals surface area contributed by atoms with Crippen LogP contribution < -0.4 is 5.32 Å². The van der Waals surface area contributed by atoms with Gasteiger partial charge in [-0.2, -0.15) is 5.26 Å². The summed E-state index contributed by atoms with van der Waals surface area (Å²) in [7, 11) is 1.28. The second-order valence-electron chi connectivity index (χ2n) is 4.85. The number of ether oxygens (including phenoxy) is 1. The molecule has 0 bridgehead atoms. The number of benzene rings is 1. The predicted octanol–water partition coefficient (Wildman–Crippen LogP) is 2.23. The Kier molecular flexibility index (Phi) is 5.05. The highest BCUT2D eigenvalue weighted by Gasteiger charge is 2.14. The van der Waals surface area contributed by atoms with E-state index in [1.54, 1.807) is 24.3 Å². The molecule has 0 saturated heterocycles. The summed E-state index contributed by atoms with van der Waals surface area (Å²) in [6.07, 6.45) is 1.30. The minimum atomic E-state index is -0.504. The number of methoxy groups -OCH3 is 1. The van der Waals surface area contributed by atoms with Crippen LogP contribution in [0.3, 0.4) is 0 Å². The van der Waals surface area contributed by atoms with Crippen molar-refractivity contribution in [3.8, 4) is 6.07 Å². The van der Waals surface area contributed by atoms with Crippen LogP contribution in [0.25, 0.3) is 0 Å². The highest BCUT2D eigenvalue weighted by molar-refractivity contribution is 5.94. The number of esters is 1. The van der Waals surface area contributed by atoms with E-state index in [0.717, 1.165) is 5.56 Å². The van der Waals surface area contributed by atoms with E-state index in [-0.39, 0.29) is 23.2 Å². The first-order valence-electron chi connectivity index (χ1n) is 6.90. The van der Waals surface area contributed by atoms with Crippen LogP contribution in [0, 0.1) is 11.3 Å². The number of rotatable bonds is 4. The molecule has 2 aromatic rings. The van der Waals surface area contributed by atoms with Crippen LogP contribution in [0.1, 0.15) is 44.9 Å². The summed E-state index contributed by atoms with van der Waals surface area (Å²) < 4.78 is 4.58. The highest BCUT2D eigenvalue weighted by Crippen LogP contribution is 2.14. The zero-order valence-electron chi connectivity index (χ0n) is 12.7. The third-order valence-electron chi connectivity index (χ3n) is 3.30. The normalized spacial score (nSPS) is 11.2. The molecule has 1 N–H and O–H groups in total. The zero-order valence-corrected chi connectivity index (χ0v) is 12.7. The van der Waals surface area contributed by atoms with E-state index >= 15 is 0 Å². The fraction of sp³-hybridized carbons (Fsp3) is 0.176. The molecule has 0 aliphatic heterocycles. The molecule has 0 fully saturated rings. The Morgan fingerprint density at radius 1 is 1.22 bits per heavy atom. The maximum absolute atomic E-state index is 12.2. The topological polar surface area (TPSA) is 92.1 Å². The van der Waals surface area contributed by atoms with Gasteiger partial charge in [-0.25, -0.2) is 4.79 Å². The molecule has 0 radical (unpaired) electrons. The van der Waals surface area contributed by atoms with Gasteiger partial charge >= 0.3 is 5.97 Å². The first-order valence-corrected chi connectivity index (χ1v) is 6.90. The van der Waals surface area contributed by atoms with E-state index in [9.17, 15) is 9.59 Å². The molecule has 116 valence electrons. The molecule has 23 heavy (non-hydrogen) atoms. The molecule has 0 saturated carbocycles. The van der Waals surface area contributed by atoms with Gasteiger partial charge in [0.05, 0.1) is 30.3 Å². The maximum Gasteiger partial charge on any atom is 0.339 e. The van der Waals surface area contributed by atoms with Crippen LogP contribution in [0.15, 0.2) is 42.6 Å². The molecule has 1 aromatic heterocycles.